The van der Waals surface area contributed by atoms with E-state index in [1.807, 2.05) is 6.92 Å². The third-order valence-electron chi connectivity index (χ3n) is 2.99. The van der Waals surface area contributed by atoms with Crippen LogP contribution in [0.1, 0.15) is 29.4 Å². The van der Waals surface area contributed by atoms with Crippen molar-refractivity contribution in [3.05, 3.63) is 17.0 Å². The van der Waals surface area contributed by atoms with Gasteiger partial charge in [-0.3, -0.25) is 0 Å². The van der Waals surface area contributed by atoms with Crippen LogP contribution in [0.2, 0.25) is 0 Å². The largest absolute Gasteiger partial charge is 0.477 e. The first kappa shape index (κ1) is 14.4. The summed E-state index contributed by atoms with van der Waals surface area (Å²) < 4.78 is 32.0. The fourth-order valence-electron chi connectivity index (χ4n) is 1.87. The normalized spacial score (nSPS) is 23.6. The van der Waals surface area contributed by atoms with Gasteiger partial charge in [0.15, 0.2) is 0 Å². The molecule has 0 bridgehead atoms. The summed E-state index contributed by atoms with van der Waals surface area (Å²) in [4.78, 5) is 10.7. The van der Waals surface area contributed by atoms with Crippen molar-refractivity contribution in [3.8, 4) is 0 Å². The van der Waals surface area contributed by atoms with Crippen molar-refractivity contribution in [2.24, 2.45) is 0 Å². The molecule has 1 aliphatic rings. The van der Waals surface area contributed by atoms with E-state index in [1.54, 1.807) is 0 Å². The highest BCUT2D eigenvalue weighted by Crippen LogP contribution is 2.26. The van der Waals surface area contributed by atoms with Gasteiger partial charge in [0.2, 0.25) is 10.0 Å². The molecular formula is C11H15NO5S2. The van der Waals surface area contributed by atoms with E-state index in [-0.39, 0.29) is 15.6 Å². The lowest BCUT2D eigenvalue weighted by atomic mass is 10.0. The Labute approximate surface area is 115 Å². The number of carbonyl (C=O) groups is 1. The molecule has 1 unspecified atom stereocenters. The fraction of sp³-hybridized carbons (Fsp3) is 0.545. The van der Waals surface area contributed by atoms with Crippen molar-refractivity contribution in [1.82, 2.24) is 4.72 Å². The minimum atomic E-state index is -3.67. The van der Waals surface area contributed by atoms with Gasteiger partial charge < -0.3 is 9.84 Å². The zero-order chi connectivity index (χ0) is 14.1. The Morgan fingerprint density at radius 3 is 2.84 bits per heavy atom. The molecular weight excluding hydrogens is 290 g/mol. The number of hydrogen-bond acceptors (Lipinski definition) is 5. The third kappa shape index (κ3) is 3.33. The van der Waals surface area contributed by atoms with Crippen LogP contribution in [0.15, 0.2) is 16.3 Å². The molecule has 0 saturated carbocycles. The topological polar surface area (TPSA) is 92.7 Å². The van der Waals surface area contributed by atoms with E-state index in [0.717, 1.165) is 24.2 Å². The molecule has 2 N–H and O–H groups in total. The minimum absolute atomic E-state index is 0.00343. The summed E-state index contributed by atoms with van der Waals surface area (Å²) in [5.41, 5.74) is -0.472. The Bertz CT molecular complexity index is 572. The smallest absolute Gasteiger partial charge is 0.345 e. The van der Waals surface area contributed by atoms with E-state index in [2.05, 4.69) is 4.72 Å². The Balaban J connectivity index is 2.07. The molecule has 2 rings (SSSR count). The summed E-state index contributed by atoms with van der Waals surface area (Å²) in [7, 11) is -3.67. The van der Waals surface area contributed by atoms with Crippen molar-refractivity contribution >= 4 is 27.3 Å². The zero-order valence-corrected chi connectivity index (χ0v) is 12.0. The first-order valence-electron chi connectivity index (χ1n) is 5.79. The van der Waals surface area contributed by atoms with Gasteiger partial charge in [0.1, 0.15) is 9.09 Å². The van der Waals surface area contributed by atoms with Gasteiger partial charge in [-0.15, -0.1) is 11.3 Å². The number of carboxylic acid groups (broad SMARTS) is 1. The zero-order valence-electron chi connectivity index (χ0n) is 10.4. The molecule has 1 aliphatic heterocycles. The molecule has 106 valence electrons. The highest BCUT2D eigenvalue weighted by molar-refractivity contribution is 7.91. The molecule has 0 aliphatic carbocycles. The molecule has 0 aromatic carbocycles. The van der Waals surface area contributed by atoms with Gasteiger partial charge >= 0.3 is 5.97 Å². The monoisotopic (exact) mass is 305 g/mol. The van der Waals surface area contributed by atoms with E-state index >= 15 is 0 Å². The maximum atomic E-state index is 12.0. The second kappa shape index (κ2) is 5.20. The van der Waals surface area contributed by atoms with Crippen LogP contribution in [0, 0.1) is 0 Å². The molecule has 0 amide bonds. The minimum Gasteiger partial charge on any atom is -0.477 e. The Morgan fingerprint density at radius 2 is 2.32 bits per heavy atom. The molecule has 2 heterocycles. The van der Waals surface area contributed by atoms with Crippen LogP contribution in [0.25, 0.3) is 0 Å². The molecule has 19 heavy (non-hydrogen) atoms. The molecule has 6 nitrogen and oxygen atoms in total. The van der Waals surface area contributed by atoms with Crippen LogP contribution in [-0.2, 0) is 14.8 Å². The average molecular weight is 305 g/mol. The lowest BCUT2D eigenvalue weighted by Crippen LogP contribution is -2.39. The number of aromatic carboxylic acids is 1. The van der Waals surface area contributed by atoms with Gasteiger partial charge in [-0.2, -0.15) is 0 Å². The standard InChI is InChI=1S/C11H15NO5S2/c1-11(5-2-6-17-11)7-12-19(15,16)9-4-3-8(18-9)10(13)14/h3-4,12H,2,5-7H2,1H3,(H,13,14). The van der Waals surface area contributed by atoms with Crippen molar-refractivity contribution in [2.75, 3.05) is 13.2 Å². The third-order valence-corrected chi connectivity index (χ3v) is 5.96. The maximum Gasteiger partial charge on any atom is 0.345 e. The first-order valence-corrected chi connectivity index (χ1v) is 8.09. The molecule has 8 heteroatoms. The van der Waals surface area contributed by atoms with Crippen molar-refractivity contribution in [2.45, 2.75) is 29.6 Å². The Hall–Kier alpha value is -0.960. The highest BCUT2D eigenvalue weighted by atomic mass is 32.2. The van der Waals surface area contributed by atoms with Crippen LogP contribution in [-0.4, -0.2) is 38.2 Å². The molecule has 0 spiro atoms. The van der Waals surface area contributed by atoms with E-state index in [4.69, 9.17) is 9.84 Å². The average Bonchev–Trinajstić information content (AvgIpc) is 2.96. The Morgan fingerprint density at radius 1 is 1.58 bits per heavy atom. The molecule has 1 atom stereocenters. The summed E-state index contributed by atoms with van der Waals surface area (Å²) in [6, 6.07) is 2.59. The van der Waals surface area contributed by atoms with E-state index in [1.165, 1.54) is 12.1 Å². The van der Waals surface area contributed by atoms with Crippen molar-refractivity contribution in [3.63, 3.8) is 0 Å². The first-order chi connectivity index (χ1) is 8.82. The number of sulfonamides is 1. The lowest BCUT2D eigenvalue weighted by Gasteiger charge is -2.22. The van der Waals surface area contributed by atoms with Crippen molar-refractivity contribution in [1.29, 1.82) is 0 Å². The molecule has 1 aromatic heterocycles. The van der Waals surface area contributed by atoms with Crippen LogP contribution >= 0.6 is 11.3 Å². The van der Waals surface area contributed by atoms with E-state index in [0.29, 0.717) is 6.61 Å². The van der Waals surface area contributed by atoms with Gasteiger partial charge in [-0.1, -0.05) is 0 Å². The number of ether oxygens (including phenoxy) is 1. The summed E-state index contributed by atoms with van der Waals surface area (Å²) in [6.45, 7) is 2.69. The second-order valence-corrected chi connectivity index (χ2v) is 7.73. The van der Waals surface area contributed by atoms with Crippen LogP contribution < -0.4 is 4.72 Å². The maximum absolute atomic E-state index is 12.0. The SMILES string of the molecule is CC1(CNS(=O)(=O)c2ccc(C(=O)O)s2)CCCO1. The number of thiophene rings is 1. The van der Waals surface area contributed by atoms with Gasteiger partial charge in [0.25, 0.3) is 0 Å². The summed E-state index contributed by atoms with van der Waals surface area (Å²) >= 11 is 0.739. The molecule has 1 saturated heterocycles. The number of rotatable bonds is 5. The lowest BCUT2D eigenvalue weighted by molar-refractivity contribution is 0.0250. The van der Waals surface area contributed by atoms with Gasteiger partial charge in [0.05, 0.1) is 5.60 Å². The number of nitrogens with one attached hydrogen (secondary N) is 1. The second-order valence-electron chi connectivity index (χ2n) is 4.65. The quantitative estimate of drug-likeness (QED) is 0.855. The Kier molecular flexibility index (Phi) is 3.95. The number of carboxylic acids is 1. The van der Waals surface area contributed by atoms with Gasteiger partial charge in [-0.05, 0) is 31.9 Å². The van der Waals surface area contributed by atoms with Gasteiger partial charge in [-0.25, -0.2) is 17.9 Å². The summed E-state index contributed by atoms with van der Waals surface area (Å²) in [5.74, 6) is -1.13. The molecule has 1 aromatic rings. The predicted octanol–water partition coefficient (Wildman–Crippen LogP) is 1.29. The highest BCUT2D eigenvalue weighted by Gasteiger charge is 2.31. The predicted molar refractivity (Wildman–Crippen MR) is 70.1 cm³/mol. The summed E-state index contributed by atoms with van der Waals surface area (Å²) in [5, 5.41) is 8.78. The number of hydrogen-bond donors (Lipinski definition) is 2. The fourth-order valence-corrected chi connectivity index (χ4v) is 4.22. The molecule has 1 fully saturated rings. The van der Waals surface area contributed by atoms with Crippen LogP contribution in [0.5, 0.6) is 0 Å². The van der Waals surface area contributed by atoms with Crippen LogP contribution in [0.4, 0.5) is 0 Å². The van der Waals surface area contributed by atoms with Gasteiger partial charge in [0, 0.05) is 13.2 Å². The molecule has 0 radical (unpaired) electrons. The van der Waals surface area contributed by atoms with E-state index in [9.17, 15) is 13.2 Å². The summed E-state index contributed by atoms with van der Waals surface area (Å²) in [6.07, 6.45) is 1.72. The van der Waals surface area contributed by atoms with Crippen LogP contribution in [0.3, 0.4) is 0 Å². The van der Waals surface area contributed by atoms with E-state index < -0.39 is 21.6 Å². The van der Waals surface area contributed by atoms with Crippen molar-refractivity contribution < 1.29 is 23.1 Å².